The van der Waals surface area contributed by atoms with E-state index in [2.05, 4.69) is 102 Å². The predicted octanol–water partition coefficient (Wildman–Crippen LogP) is 15.9. The number of fused-ring (bicyclic) bond motifs is 9. The summed E-state index contributed by atoms with van der Waals surface area (Å²) >= 11 is 0. The maximum atomic E-state index is 11.0. The molecule has 0 bridgehead atoms. The minimum absolute atomic E-state index is 0. The first-order chi connectivity index (χ1) is 33.6. The number of methoxy groups -OCH3 is 2. The van der Waals surface area contributed by atoms with E-state index in [1.54, 1.807) is 18.3 Å². The molecule has 11 rings (SSSR count). The van der Waals surface area contributed by atoms with Crippen molar-refractivity contribution >= 4 is 0 Å². The molecule has 390 valence electrons. The number of aliphatic hydroxyl groups is 2. The van der Waals surface area contributed by atoms with Crippen LogP contribution in [0.15, 0.2) is 79.1 Å². The second kappa shape index (κ2) is 27.4. The zero-order chi connectivity index (χ0) is 50.4. The van der Waals surface area contributed by atoms with Gasteiger partial charge in [0.15, 0.2) is 0 Å². The van der Waals surface area contributed by atoms with E-state index < -0.39 is 11.2 Å². The molecule has 16 atom stereocenters. The average molecular weight is 1410 g/mol. The molecule has 0 saturated heterocycles. The number of terminal acetylenes is 2. The van der Waals surface area contributed by atoms with Crippen molar-refractivity contribution in [1.82, 2.24) is 0 Å². The van der Waals surface area contributed by atoms with Crippen molar-refractivity contribution in [3.05, 3.63) is 90.3 Å². The molecule has 2 N–H and O–H groups in total. The zero-order valence-electron chi connectivity index (χ0n) is 46.4. The Kier molecular flexibility index (Phi) is 23.7. The van der Waals surface area contributed by atoms with Crippen molar-refractivity contribution < 1.29 is 108 Å². The number of hydrogen-bond acceptors (Lipinski definition) is 4. The van der Waals surface area contributed by atoms with Crippen LogP contribution < -0.4 is 4.74 Å². The van der Waals surface area contributed by atoms with Gasteiger partial charge in [-0.15, -0.1) is 32.6 Å². The van der Waals surface area contributed by atoms with Crippen molar-refractivity contribution in [2.24, 2.45) is 75.9 Å². The molecule has 0 aromatic heterocycles. The molecule has 0 aliphatic heterocycles. The minimum atomic E-state index is -0.900. The molecule has 0 spiro atoms. The van der Waals surface area contributed by atoms with Gasteiger partial charge in [0.05, 0.1) is 20.0 Å². The molecule has 72 heavy (non-hydrogen) atoms. The van der Waals surface area contributed by atoms with Crippen molar-refractivity contribution in [2.75, 3.05) is 14.2 Å². The molecule has 10 aliphatic carbocycles. The van der Waals surface area contributed by atoms with E-state index in [1.165, 1.54) is 100 Å². The van der Waals surface area contributed by atoms with E-state index in [1.807, 2.05) is 14.0 Å². The van der Waals surface area contributed by atoms with Gasteiger partial charge in [0.25, 0.3) is 0 Å². The molecule has 6 unspecified atom stereocenters. The Balaban J connectivity index is 0.000000180. The van der Waals surface area contributed by atoms with Gasteiger partial charge in [-0.1, -0.05) is 108 Å². The summed E-state index contributed by atoms with van der Waals surface area (Å²) in [6, 6.07) is 6.59. The van der Waals surface area contributed by atoms with Crippen LogP contribution in [0.4, 0.5) is 0 Å². The fourth-order valence-corrected chi connectivity index (χ4v) is 16.8. The standard InChI is InChI=1S/C21H26O2.C21H30O.C8H12O.2C8H14.2Ac/c1-4-21(22)12-10-19-18-7-5-14-13-15(23-3)6-8-16(14)17(18)9-11-20(19,21)2;1-4-15-6-10-20-19-8-5-14-13-16(22-3)7-9-17(14)18(19)11-12-21(15,20)2;1-3-8(9)6-4-5-7(8)2;2*1-3-8-6-4-5-7(8)2;;/h1,6,8,13,17-19,22H,5,7,9-12H2,2-3H3;4,7,15,18-20H,1,5-6,8-13H2,2-3H3;1,7,9H,4-6H2,2H3;2*3,7-8H,1,4-6H2,2H3;;/t17?,18?,19?,20-,21-;15-,18?,19?,20?,21+;3*7-,8+;;/m00111../s1. The van der Waals surface area contributed by atoms with Crippen molar-refractivity contribution in [2.45, 2.75) is 199 Å². The molecule has 6 heteroatoms. The van der Waals surface area contributed by atoms with Crippen molar-refractivity contribution in [1.29, 1.82) is 0 Å². The van der Waals surface area contributed by atoms with Gasteiger partial charge in [0.1, 0.15) is 17.0 Å². The number of ether oxygens (including phenoxy) is 2. The summed E-state index contributed by atoms with van der Waals surface area (Å²) in [6.07, 6.45) is 48.0. The summed E-state index contributed by atoms with van der Waals surface area (Å²) in [7, 11) is 3.56. The fourth-order valence-electron chi connectivity index (χ4n) is 16.8. The molecular weight excluding hydrogens is 1310 g/mol. The van der Waals surface area contributed by atoms with E-state index in [0.717, 1.165) is 117 Å². The van der Waals surface area contributed by atoms with Crippen LogP contribution >= 0.6 is 0 Å². The third kappa shape index (κ3) is 13.0. The van der Waals surface area contributed by atoms with Crippen LogP contribution in [-0.2, 0) is 11.2 Å². The van der Waals surface area contributed by atoms with Gasteiger partial charge in [-0.2, -0.15) is 0 Å². The normalized spacial score (nSPS) is 40.3. The number of aryl methyl sites for hydroxylation is 1. The number of hydrogen-bond donors (Lipinski definition) is 2. The van der Waals surface area contributed by atoms with Gasteiger partial charge < -0.3 is 19.7 Å². The van der Waals surface area contributed by atoms with Gasteiger partial charge in [-0.3, -0.25) is 0 Å². The molecule has 1 aromatic carbocycles. The maximum Gasteiger partial charge on any atom is 0.130 e. The average Bonchev–Trinajstić information content (AvgIpc) is 4.22. The van der Waals surface area contributed by atoms with Gasteiger partial charge in [0.2, 0.25) is 0 Å². The van der Waals surface area contributed by atoms with Gasteiger partial charge >= 0.3 is 0 Å². The van der Waals surface area contributed by atoms with E-state index in [0.29, 0.717) is 29.1 Å². The molecule has 10 aliphatic rings. The summed E-state index contributed by atoms with van der Waals surface area (Å²) in [6.45, 7) is 23.2. The summed E-state index contributed by atoms with van der Waals surface area (Å²) in [5, 5.41) is 20.5. The first-order valence-electron chi connectivity index (χ1n) is 28.5. The summed E-state index contributed by atoms with van der Waals surface area (Å²) < 4.78 is 10.9. The Hall–Kier alpha value is -0.557. The smallest absolute Gasteiger partial charge is 0.130 e. The van der Waals surface area contributed by atoms with Crippen LogP contribution in [0.25, 0.3) is 0 Å². The Morgan fingerprint density at radius 1 is 0.667 bits per heavy atom. The number of rotatable bonds is 5. The summed E-state index contributed by atoms with van der Waals surface area (Å²) in [5.41, 5.74) is 5.27. The van der Waals surface area contributed by atoms with Crippen LogP contribution in [0, 0.1) is 189 Å². The van der Waals surface area contributed by atoms with E-state index in [9.17, 15) is 10.2 Å². The zero-order valence-corrected chi connectivity index (χ0v) is 55.9. The van der Waals surface area contributed by atoms with Gasteiger partial charge in [-0.25, -0.2) is 0 Å². The predicted molar refractivity (Wildman–Crippen MR) is 293 cm³/mol. The molecule has 7 fully saturated rings. The molecule has 7 saturated carbocycles. The molecular formula is C66H96Ac2O4. The first kappa shape index (κ1) is 62.3. The maximum absolute atomic E-state index is 11.0. The summed E-state index contributed by atoms with van der Waals surface area (Å²) in [5.74, 6) is 16.5. The van der Waals surface area contributed by atoms with Crippen LogP contribution in [0.1, 0.15) is 193 Å². The number of benzene rings is 1. The monoisotopic (exact) mass is 1410 g/mol. The van der Waals surface area contributed by atoms with Gasteiger partial charge in [-0.05, 0) is 221 Å². The fraction of sp³-hybridized carbons (Fsp3) is 0.697. The van der Waals surface area contributed by atoms with E-state index in [4.69, 9.17) is 22.3 Å². The number of allylic oxidation sites excluding steroid dienone is 6. The SMILES string of the molecule is C#C[C@]1(O)CCC2C3CCc4cc(OC)ccc4C3CC[C@@]21C.C#C[C@]1(O)CCC[C@H]1C.C=C[C@H]1CCC2C3CCC4=C(CC=C(OC)C4)C3CC[C@@]21C.C=C[C@H]1CCC[C@H]1C.C=C[C@H]1CCC[C@H]1C.[Ac].[Ac]. The minimum Gasteiger partial charge on any atom is -0.501 e. The van der Waals surface area contributed by atoms with Crippen molar-refractivity contribution in [3.8, 4) is 30.4 Å². The van der Waals surface area contributed by atoms with E-state index >= 15 is 0 Å². The van der Waals surface area contributed by atoms with Crippen LogP contribution in [0.5, 0.6) is 5.75 Å². The van der Waals surface area contributed by atoms with Crippen molar-refractivity contribution in [3.63, 3.8) is 0 Å². The van der Waals surface area contributed by atoms with Gasteiger partial charge in [0, 0.05) is 100.0 Å². The topological polar surface area (TPSA) is 58.9 Å². The summed E-state index contributed by atoms with van der Waals surface area (Å²) in [4.78, 5) is 0. The second-order valence-electron chi connectivity index (χ2n) is 24.7. The van der Waals surface area contributed by atoms with Crippen LogP contribution in [-0.4, -0.2) is 35.6 Å². The Morgan fingerprint density at radius 2 is 1.32 bits per heavy atom. The van der Waals surface area contributed by atoms with Crippen LogP contribution in [0.2, 0.25) is 0 Å². The second-order valence-corrected chi connectivity index (χ2v) is 24.7. The van der Waals surface area contributed by atoms with Crippen LogP contribution in [0.3, 0.4) is 0 Å². The molecule has 4 nitrogen and oxygen atoms in total. The largest absolute Gasteiger partial charge is 0.501 e. The third-order valence-corrected chi connectivity index (χ3v) is 21.7. The Labute approximate surface area is 512 Å². The molecule has 2 radical (unpaired) electrons. The Morgan fingerprint density at radius 3 is 1.85 bits per heavy atom. The van der Waals surface area contributed by atoms with E-state index in [-0.39, 0.29) is 93.5 Å². The molecule has 1 aromatic rings. The quantitative estimate of drug-likeness (QED) is 0.228. The third-order valence-electron chi connectivity index (χ3n) is 21.7. The molecule has 0 amide bonds. The Bertz CT molecular complexity index is 2120. The first-order valence-corrected chi connectivity index (χ1v) is 28.5. The molecule has 0 heterocycles.